The standard InChI is InChI=1S/C14H16N4O2/c1-17(12-5-3-2-4-6-12)10-11-7-8-14(18(19)20)13(9-11)16-15/h2-9,16H,10,15H2,1H3. The van der Waals surface area contributed by atoms with E-state index in [1.807, 2.05) is 37.4 Å². The van der Waals surface area contributed by atoms with Crippen molar-refractivity contribution in [2.24, 2.45) is 5.84 Å². The fraction of sp³-hybridized carbons (Fsp3) is 0.143. The number of hydrogen-bond acceptors (Lipinski definition) is 5. The number of hydrazine groups is 1. The summed E-state index contributed by atoms with van der Waals surface area (Å²) in [5.74, 6) is 5.33. The first-order valence-electron chi connectivity index (χ1n) is 6.12. The van der Waals surface area contributed by atoms with Crippen LogP contribution >= 0.6 is 0 Å². The van der Waals surface area contributed by atoms with Crippen LogP contribution in [0.15, 0.2) is 48.5 Å². The summed E-state index contributed by atoms with van der Waals surface area (Å²) in [6, 6.07) is 14.8. The molecule has 0 atom stereocenters. The van der Waals surface area contributed by atoms with Crippen LogP contribution in [0.1, 0.15) is 5.56 Å². The zero-order valence-corrected chi connectivity index (χ0v) is 11.1. The summed E-state index contributed by atoms with van der Waals surface area (Å²) in [4.78, 5) is 12.4. The number of para-hydroxylation sites is 1. The van der Waals surface area contributed by atoms with Gasteiger partial charge in [-0.3, -0.25) is 16.0 Å². The Bertz CT molecular complexity index is 601. The van der Waals surface area contributed by atoms with Crippen molar-refractivity contribution in [1.29, 1.82) is 0 Å². The molecule has 0 bridgehead atoms. The molecule has 20 heavy (non-hydrogen) atoms. The Labute approximate surface area is 116 Å². The Kier molecular flexibility index (Phi) is 4.17. The fourth-order valence-corrected chi connectivity index (χ4v) is 2.00. The highest BCUT2D eigenvalue weighted by Crippen LogP contribution is 2.25. The molecule has 0 aliphatic carbocycles. The first kappa shape index (κ1) is 13.8. The zero-order chi connectivity index (χ0) is 14.5. The minimum atomic E-state index is -0.458. The van der Waals surface area contributed by atoms with Gasteiger partial charge in [-0.15, -0.1) is 0 Å². The van der Waals surface area contributed by atoms with Gasteiger partial charge in [0.1, 0.15) is 5.69 Å². The molecule has 0 amide bonds. The van der Waals surface area contributed by atoms with Crippen molar-refractivity contribution in [2.75, 3.05) is 17.4 Å². The number of nitrogens with one attached hydrogen (secondary N) is 1. The molecule has 0 unspecified atom stereocenters. The summed E-state index contributed by atoms with van der Waals surface area (Å²) >= 11 is 0. The molecule has 0 saturated heterocycles. The molecule has 6 heteroatoms. The minimum Gasteiger partial charge on any atom is -0.370 e. The number of anilines is 2. The molecule has 0 saturated carbocycles. The van der Waals surface area contributed by atoms with Gasteiger partial charge < -0.3 is 10.3 Å². The molecule has 0 aliphatic heterocycles. The largest absolute Gasteiger partial charge is 0.370 e. The number of rotatable bonds is 5. The molecule has 104 valence electrons. The van der Waals surface area contributed by atoms with Gasteiger partial charge in [-0.25, -0.2) is 0 Å². The van der Waals surface area contributed by atoms with Crippen molar-refractivity contribution in [3.8, 4) is 0 Å². The van der Waals surface area contributed by atoms with E-state index in [1.165, 1.54) is 6.07 Å². The molecular formula is C14H16N4O2. The Balaban J connectivity index is 2.20. The molecule has 0 aliphatic rings. The number of benzene rings is 2. The third kappa shape index (κ3) is 3.04. The summed E-state index contributed by atoms with van der Waals surface area (Å²) in [6.45, 7) is 0.636. The van der Waals surface area contributed by atoms with Gasteiger partial charge in [0.15, 0.2) is 0 Å². The lowest BCUT2D eigenvalue weighted by Gasteiger charge is -2.19. The van der Waals surface area contributed by atoms with E-state index < -0.39 is 4.92 Å². The molecule has 2 rings (SSSR count). The topological polar surface area (TPSA) is 84.4 Å². The van der Waals surface area contributed by atoms with Crippen molar-refractivity contribution < 1.29 is 4.92 Å². The first-order chi connectivity index (χ1) is 9.61. The normalized spacial score (nSPS) is 10.1. The Hall–Kier alpha value is -2.60. The highest BCUT2D eigenvalue weighted by atomic mass is 16.6. The van der Waals surface area contributed by atoms with Crippen LogP contribution in [0.3, 0.4) is 0 Å². The Morgan fingerprint density at radius 2 is 1.95 bits per heavy atom. The summed E-state index contributed by atoms with van der Waals surface area (Å²) < 4.78 is 0. The van der Waals surface area contributed by atoms with Crippen molar-refractivity contribution in [3.05, 3.63) is 64.2 Å². The number of nitrogen functional groups attached to an aromatic ring is 1. The van der Waals surface area contributed by atoms with Crippen LogP contribution in [0, 0.1) is 10.1 Å². The highest BCUT2D eigenvalue weighted by Gasteiger charge is 2.13. The third-order valence-electron chi connectivity index (χ3n) is 3.03. The smallest absolute Gasteiger partial charge is 0.293 e. The summed E-state index contributed by atoms with van der Waals surface area (Å²) in [5, 5.41) is 10.8. The molecule has 2 aromatic rings. The second-order valence-corrected chi connectivity index (χ2v) is 4.44. The van der Waals surface area contributed by atoms with Crippen molar-refractivity contribution >= 4 is 17.1 Å². The van der Waals surface area contributed by atoms with E-state index in [1.54, 1.807) is 12.1 Å². The molecule has 3 N–H and O–H groups in total. The number of hydrogen-bond donors (Lipinski definition) is 2. The van der Waals surface area contributed by atoms with Crippen molar-refractivity contribution in [3.63, 3.8) is 0 Å². The maximum absolute atomic E-state index is 10.8. The van der Waals surface area contributed by atoms with E-state index in [0.717, 1.165) is 11.3 Å². The molecule has 0 fully saturated rings. The fourth-order valence-electron chi connectivity index (χ4n) is 2.00. The van der Waals surface area contributed by atoms with Crippen LogP contribution in [0.4, 0.5) is 17.1 Å². The summed E-state index contributed by atoms with van der Waals surface area (Å²) in [5.41, 5.74) is 4.67. The lowest BCUT2D eigenvalue weighted by atomic mass is 10.1. The maximum atomic E-state index is 10.8. The molecule has 0 radical (unpaired) electrons. The molecule has 0 aromatic heterocycles. The van der Waals surface area contributed by atoms with Crippen LogP contribution in [-0.4, -0.2) is 12.0 Å². The predicted octanol–water partition coefficient (Wildman–Crippen LogP) is 2.52. The number of nitro benzene ring substituents is 1. The van der Waals surface area contributed by atoms with Gasteiger partial charge in [0, 0.05) is 25.3 Å². The second-order valence-electron chi connectivity index (χ2n) is 4.44. The Morgan fingerprint density at radius 1 is 1.25 bits per heavy atom. The van der Waals surface area contributed by atoms with E-state index in [2.05, 4.69) is 10.3 Å². The molecule has 2 aromatic carbocycles. The van der Waals surface area contributed by atoms with Crippen LogP contribution in [0.25, 0.3) is 0 Å². The van der Waals surface area contributed by atoms with E-state index in [0.29, 0.717) is 12.2 Å². The van der Waals surface area contributed by atoms with Gasteiger partial charge >= 0.3 is 0 Å². The second kappa shape index (κ2) is 6.03. The van der Waals surface area contributed by atoms with Gasteiger partial charge in [0.25, 0.3) is 5.69 Å². The average Bonchev–Trinajstić information content (AvgIpc) is 2.47. The maximum Gasteiger partial charge on any atom is 0.293 e. The third-order valence-corrected chi connectivity index (χ3v) is 3.03. The quantitative estimate of drug-likeness (QED) is 0.496. The van der Waals surface area contributed by atoms with E-state index >= 15 is 0 Å². The van der Waals surface area contributed by atoms with Gasteiger partial charge in [-0.05, 0) is 23.8 Å². The van der Waals surface area contributed by atoms with E-state index in [-0.39, 0.29) is 5.69 Å². The SMILES string of the molecule is CN(Cc1ccc([N+](=O)[O-])c(NN)c1)c1ccccc1. The lowest BCUT2D eigenvalue weighted by Crippen LogP contribution is -2.17. The number of nitro groups is 1. The molecule has 0 spiro atoms. The minimum absolute atomic E-state index is 0.0291. The number of nitrogens with zero attached hydrogens (tertiary/aromatic N) is 2. The highest BCUT2D eigenvalue weighted by molar-refractivity contribution is 5.62. The molecule has 6 nitrogen and oxygen atoms in total. The number of nitrogens with two attached hydrogens (primary N) is 1. The van der Waals surface area contributed by atoms with Gasteiger partial charge in [-0.2, -0.15) is 0 Å². The van der Waals surface area contributed by atoms with Crippen LogP contribution in [-0.2, 0) is 6.54 Å². The van der Waals surface area contributed by atoms with E-state index in [4.69, 9.17) is 5.84 Å². The Morgan fingerprint density at radius 3 is 2.55 bits per heavy atom. The van der Waals surface area contributed by atoms with Crippen LogP contribution in [0.5, 0.6) is 0 Å². The van der Waals surface area contributed by atoms with Crippen molar-refractivity contribution in [1.82, 2.24) is 0 Å². The van der Waals surface area contributed by atoms with Crippen LogP contribution < -0.4 is 16.2 Å². The summed E-state index contributed by atoms with van der Waals surface area (Å²) in [6.07, 6.45) is 0. The lowest BCUT2D eigenvalue weighted by molar-refractivity contribution is -0.384. The summed E-state index contributed by atoms with van der Waals surface area (Å²) in [7, 11) is 1.96. The van der Waals surface area contributed by atoms with E-state index in [9.17, 15) is 10.1 Å². The predicted molar refractivity (Wildman–Crippen MR) is 79.5 cm³/mol. The average molecular weight is 272 g/mol. The van der Waals surface area contributed by atoms with Crippen LogP contribution in [0.2, 0.25) is 0 Å². The molecule has 0 heterocycles. The van der Waals surface area contributed by atoms with Gasteiger partial charge in [0.05, 0.1) is 4.92 Å². The monoisotopic (exact) mass is 272 g/mol. The van der Waals surface area contributed by atoms with Crippen molar-refractivity contribution in [2.45, 2.75) is 6.54 Å². The first-order valence-corrected chi connectivity index (χ1v) is 6.12. The van der Waals surface area contributed by atoms with Gasteiger partial charge in [-0.1, -0.05) is 24.3 Å². The zero-order valence-electron chi connectivity index (χ0n) is 11.1. The molecular weight excluding hydrogens is 256 g/mol. The van der Waals surface area contributed by atoms with Gasteiger partial charge in [0.2, 0.25) is 0 Å².